The lowest BCUT2D eigenvalue weighted by Gasteiger charge is -2.36. The van der Waals surface area contributed by atoms with Crippen molar-refractivity contribution in [3.05, 3.63) is 103 Å². The van der Waals surface area contributed by atoms with Crippen LogP contribution >= 0.6 is 11.6 Å². The first-order chi connectivity index (χ1) is 17.3. The summed E-state index contributed by atoms with van der Waals surface area (Å²) in [5.41, 5.74) is 1.31. The number of nitro groups is 1. The van der Waals surface area contributed by atoms with Crippen molar-refractivity contribution in [1.29, 1.82) is 0 Å². The third-order valence-corrected chi connectivity index (χ3v) is 6.61. The van der Waals surface area contributed by atoms with E-state index < -0.39 is 10.5 Å². The Kier molecular flexibility index (Phi) is 6.15. The molecule has 0 saturated carbocycles. The molecule has 1 amide bonds. The summed E-state index contributed by atoms with van der Waals surface area (Å²) in [5, 5.41) is 17.9. The van der Waals surface area contributed by atoms with Gasteiger partial charge in [-0.1, -0.05) is 35.9 Å². The number of aryl methyl sites for hydroxylation is 1. The third kappa shape index (κ3) is 4.29. The van der Waals surface area contributed by atoms with E-state index in [9.17, 15) is 19.7 Å². The van der Waals surface area contributed by atoms with Gasteiger partial charge >= 0.3 is 0 Å². The first kappa shape index (κ1) is 23.5. The summed E-state index contributed by atoms with van der Waals surface area (Å²) in [6.07, 6.45) is 0. The van der Waals surface area contributed by atoms with Gasteiger partial charge in [0, 0.05) is 53.9 Å². The zero-order valence-corrected chi connectivity index (χ0v) is 20.2. The van der Waals surface area contributed by atoms with Crippen LogP contribution < -0.4 is 10.5 Å². The maximum Gasteiger partial charge on any atom is 0.295 e. The van der Waals surface area contributed by atoms with Gasteiger partial charge < -0.3 is 9.80 Å². The highest BCUT2D eigenvalue weighted by Crippen LogP contribution is 2.29. The van der Waals surface area contributed by atoms with E-state index in [1.165, 1.54) is 6.07 Å². The molecule has 9 nitrogen and oxygen atoms in total. The Labute approximate surface area is 211 Å². The highest BCUT2D eigenvalue weighted by molar-refractivity contribution is 6.30. The van der Waals surface area contributed by atoms with Gasteiger partial charge in [0.2, 0.25) is 0 Å². The zero-order valence-electron chi connectivity index (χ0n) is 19.4. The molecule has 4 aromatic rings. The van der Waals surface area contributed by atoms with Crippen molar-refractivity contribution in [2.24, 2.45) is 0 Å². The molecular formula is C26H22ClN5O4. The molecule has 0 spiro atoms. The van der Waals surface area contributed by atoms with Crippen LogP contribution in [-0.2, 0) is 0 Å². The van der Waals surface area contributed by atoms with Gasteiger partial charge in [-0.05, 0) is 43.3 Å². The molecule has 0 bridgehead atoms. The predicted octanol–water partition coefficient (Wildman–Crippen LogP) is 4.22. The van der Waals surface area contributed by atoms with E-state index >= 15 is 0 Å². The number of anilines is 1. The van der Waals surface area contributed by atoms with Crippen molar-refractivity contribution >= 4 is 39.7 Å². The molecule has 0 aliphatic carbocycles. The minimum absolute atomic E-state index is 0.0936. The molecule has 0 radical (unpaired) electrons. The molecular weight excluding hydrogens is 482 g/mol. The fourth-order valence-corrected chi connectivity index (χ4v) is 4.71. The number of aromatic nitrogens is 2. The standard InChI is InChI=1S/C26H22ClN5O4/c1-17-21-7-2-3-8-22(21)26(34)31(28-17)24-16-20(9-10-23(24)32(35)36)29-11-13-30(14-12-29)25(33)18-5-4-6-19(27)15-18/h2-10,15-16H,11-14H2,1H3. The lowest BCUT2D eigenvalue weighted by molar-refractivity contribution is -0.384. The first-order valence-electron chi connectivity index (χ1n) is 11.4. The first-order valence-corrected chi connectivity index (χ1v) is 11.8. The van der Waals surface area contributed by atoms with E-state index in [1.54, 1.807) is 66.4 Å². The number of fused-ring (bicyclic) bond motifs is 1. The summed E-state index contributed by atoms with van der Waals surface area (Å²) in [4.78, 5) is 41.2. The van der Waals surface area contributed by atoms with E-state index in [2.05, 4.69) is 5.10 Å². The molecule has 5 rings (SSSR count). The Hall–Kier alpha value is -4.24. The van der Waals surface area contributed by atoms with Crippen molar-refractivity contribution in [2.75, 3.05) is 31.1 Å². The van der Waals surface area contributed by atoms with Gasteiger partial charge in [0.1, 0.15) is 5.69 Å². The van der Waals surface area contributed by atoms with Crippen molar-refractivity contribution in [2.45, 2.75) is 6.92 Å². The summed E-state index contributed by atoms with van der Waals surface area (Å²) >= 11 is 6.03. The minimum Gasteiger partial charge on any atom is -0.368 e. The Morgan fingerprint density at radius 3 is 2.39 bits per heavy atom. The second-order valence-corrected chi connectivity index (χ2v) is 9.00. The summed E-state index contributed by atoms with van der Waals surface area (Å²) < 4.78 is 1.11. The quantitative estimate of drug-likeness (QED) is 0.305. The van der Waals surface area contributed by atoms with Crippen LogP contribution in [0.2, 0.25) is 5.02 Å². The number of benzene rings is 3. The number of nitrogens with zero attached hydrogens (tertiary/aromatic N) is 5. The van der Waals surface area contributed by atoms with Crippen molar-refractivity contribution in [3.8, 4) is 5.69 Å². The predicted molar refractivity (Wildman–Crippen MR) is 138 cm³/mol. The number of amides is 1. The van der Waals surface area contributed by atoms with Crippen molar-refractivity contribution in [1.82, 2.24) is 14.7 Å². The van der Waals surface area contributed by atoms with Gasteiger partial charge in [-0.3, -0.25) is 19.7 Å². The molecule has 1 aromatic heterocycles. The Bertz CT molecular complexity index is 1560. The second-order valence-electron chi connectivity index (χ2n) is 8.57. The normalized spacial score (nSPS) is 13.7. The van der Waals surface area contributed by atoms with Crippen LogP contribution in [0.1, 0.15) is 16.1 Å². The Balaban J connectivity index is 1.46. The molecule has 1 aliphatic heterocycles. The van der Waals surface area contributed by atoms with E-state index in [0.717, 1.165) is 4.68 Å². The number of carbonyl (C=O) groups is 1. The molecule has 10 heteroatoms. The van der Waals surface area contributed by atoms with Gasteiger partial charge in [0.15, 0.2) is 0 Å². The highest BCUT2D eigenvalue weighted by atomic mass is 35.5. The largest absolute Gasteiger partial charge is 0.368 e. The average Bonchev–Trinajstić information content (AvgIpc) is 2.90. The van der Waals surface area contributed by atoms with Gasteiger partial charge in [-0.25, -0.2) is 0 Å². The number of hydrogen-bond acceptors (Lipinski definition) is 6. The molecule has 1 aliphatic rings. The molecule has 182 valence electrons. The highest BCUT2D eigenvalue weighted by Gasteiger charge is 2.25. The van der Waals surface area contributed by atoms with Crippen LogP contribution in [0.3, 0.4) is 0 Å². The molecule has 36 heavy (non-hydrogen) atoms. The van der Waals surface area contributed by atoms with Gasteiger partial charge in [0.25, 0.3) is 17.2 Å². The van der Waals surface area contributed by atoms with Crippen LogP contribution in [0.4, 0.5) is 11.4 Å². The monoisotopic (exact) mass is 503 g/mol. The fraction of sp³-hybridized carbons (Fsp3) is 0.192. The number of halogens is 1. The summed E-state index contributed by atoms with van der Waals surface area (Å²) in [7, 11) is 0. The van der Waals surface area contributed by atoms with Gasteiger partial charge in [-0.15, -0.1) is 0 Å². The Morgan fingerprint density at radius 2 is 1.69 bits per heavy atom. The van der Waals surface area contributed by atoms with Crippen molar-refractivity contribution in [3.63, 3.8) is 0 Å². The third-order valence-electron chi connectivity index (χ3n) is 6.38. The number of hydrogen-bond donors (Lipinski definition) is 0. The molecule has 0 unspecified atom stereocenters. The number of rotatable bonds is 4. The van der Waals surface area contributed by atoms with Crippen LogP contribution in [0.5, 0.6) is 0 Å². The smallest absolute Gasteiger partial charge is 0.295 e. The van der Waals surface area contributed by atoms with E-state index in [1.807, 2.05) is 11.0 Å². The summed E-state index contributed by atoms with van der Waals surface area (Å²) in [6, 6.07) is 18.6. The topological polar surface area (TPSA) is 102 Å². The number of carbonyl (C=O) groups excluding carboxylic acids is 1. The summed E-state index contributed by atoms with van der Waals surface area (Å²) in [6.45, 7) is 3.78. The zero-order chi connectivity index (χ0) is 25.4. The lowest BCUT2D eigenvalue weighted by Crippen LogP contribution is -2.48. The van der Waals surface area contributed by atoms with E-state index in [0.29, 0.717) is 58.9 Å². The van der Waals surface area contributed by atoms with Crippen LogP contribution in [0.15, 0.2) is 71.5 Å². The lowest BCUT2D eigenvalue weighted by atomic mass is 10.1. The minimum atomic E-state index is -0.515. The molecule has 2 heterocycles. The Morgan fingerprint density at radius 1 is 0.972 bits per heavy atom. The second kappa shape index (κ2) is 9.43. The van der Waals surface area contributed by atoms with Gasteiger partial charge in [0.05, 0.1) is 16.0 Å². The summed E-state index contributed by atoms with van der Waals surface area (Å²) in [5.74, 6) is -0.0936. The van der Waals surface area contributed by atoms with Crippen LogP contribution in [-0.4, -0.2) is 51.7 Å². The molecule has 0 atom stereocenters. The molecule has 3 aromatic carbocycles. The SMILES string of the molecule is Cc1nn(-c2cc(N3CCN(C(=O)c4cccc(Cl)c4)CC3)ccc2[N+](=O)[O-])c(=O)c2ccccc12. The number of piperazine rings is 1. The fourth-order valence-electron chi connectivity index (χ4n) is 4.52. The molecule has 0 N–H and O–H groups in total. The molecule has 1 saturated heterocycles. The molecule has 1 fully saturated rings. The van der Waals surface area contributed by atoms with Gasteiger partial charge in [-0.2, -0.15) is 9.78 Å². The van der Waals surface area contributed by atoms with E-state index in [-0.39, 0.29) is 17.3 Å². The van der Waals surface area contributed by atoms with Crippen LogP contribution in [0, 0.1) is 17.0 Å². The van der Waals surface area contributed by atoms with Crippen LogP contribution in [0.25, 0.3) is 16.5 Å². The van der Waals surface area contributed by atoms with E-state index in [4.69, 9.17) is 11.6 Å². The maximum atomic E-state index is 13.2. The number of nitro benzene ring substituents is 1. The van der Waals surface area contributed by atoms with Crippen molar-refractivity contribution < 1.29 is 9.72 Å². The average molecular weight is 504 g/mol. The maximum absolute atomic E-state index is 13.2.